The summed E-state index contributed by atoms with van der Waals surface area (Å²) >= 11 is 0. The highest BCUT2D eigenvalue weighted by Gasteiger charge is 2.36. The van der Waals surface area contributed by atoms with Gasteiger partial charge in [-0.2, -0.15) is 0 Å². The first kappa shape index (κ1) is 25.5. The standard InChI is InChI=1S/C33H40N2O2/c1-2-3-4-5-11-24-17-19-26(20-18-24)32(36)34-30-22-21-29(27-14-7-8-15-28(27)30)33(37)35-23-10-13-25-12-6-9-16-31(25)35/h7-8,14-15,17-22,25,31H,2-6,9-13,16,23H2,1H3,(H,34,36). The molecule has 2 atom stereocenters. The molecule has 1 saturated heterocycles. The van der Waals surface area contributed by atoms with E-state index in [1.165, 1.54) is 56.9 Å². The molecule has 3 aromatic rings. The third-order valence-corrected chi connectivity index (χ3v) is 8.44. The van der Waals surface area contributed by atoms with Crippen LogP contribution < -0.4 is 5.32 Å². The molecule has 0 radical (unpaired) electrons. The van der Waals surface area contributed by atoms with Crippen molar-refractivity contribution in [3.63, 3.8) is 0 Å². The molecule has 1 heterocycles. The van der Waals surface area contributed by atoms with Crippen LogP contribution in [0.25, 0.3) is 10.8 Å². The Labute approximate surface area is 221 Å². The number of unbranched alkanes of at least 4 members (excludes halogenated alkanes) is 3. The molecular weight excluding hydrogens is 456 g/mol. The SMILES string of the molecule is CCCCCCc1ccc(C(=O)Nc2ccc(C(=O)N3CCCC4CCCCC43)c3ccccc23)cc1. The highest BCUT2D eigenvalue weighted by molar-refractivity contribution is 6.14. The van der Waals surface area contributed by atoms with E-state index < -0.39 is 0 Å². The summed E-state index contributed by atoms with van der Waals surface area (Å²) in [6, 6.07) is 20.1. The number of carbonyl (C=O) groups excluding carboxylic acids is 2. The fraction of sp³-hybridized carbons (Fsp3) is 0.455. The molecule has 0 aromatic heterocycles. The third-order valence-electron chi connectivity index (χ3n) is 8.44. The lowest BCUT2D eigenvalue weighted by Crippen LogP contribution is -2.49. The number of likely N-dealkylation sites (tertiary alicyclic amines) is 1. The Kier molecular flexibility index (Phi) is 8.23. The van der Waals surface area contributed by atoms with Crippen LogP contribution in [0.4, 0.5) is 5.69 Å². The molecule has 194 valence electrons. The minimum Gasteiger partial charge on any atom is -0.335 e. The van der Waals surface area contributed by atoms with Crippen molar-refractivity contribution in [2.45, 2.75) is 83.6 Å². The van der Waals surface area contributed by atoms with Crippen molar-refractivity contribution in [1.29, 1.82) is 0 Å². The number of carbonyl (C=O) groups is 2. The monoisotopic (exact) mass is 496 g/mol. The number of nitrogens with one attached hydrogen (secondary N) is 1. The van der Waals surface area contributed by atoms with Gasteiger partial charge in [0.1, 0.15) is 0 Å². The van der Waals surface area contributed by atoms with Crippen molar-refractivity contribution in [3.8, 4) is 0 Å². The lowest BCUT2D eigenvalue weighted by molar-refractivity contribution is 0.0392. The molecule has 1 N–H and O–H groups in total. The van der Waals surface area contributed by atoms with Crippen LogP contribution in [-0.4, -0.2) is 29.3 Å². The van der Waals surface area contributed by atoms with E-state index in [9.17, 15) is 9.59 Å². The minimum atomic E-state index is -0.122. The number of rotatable bonds is 8. The van der Waals surface area contributed by atoms with Crippen LogP contribution in [-0.2, 0) is 6.42 Å². The van der Waals surface area contributed by atoms with Gasteiger partial charge >= 0.3 is 0 Å². The minimum absolute atomic E-state index is 0.122. The van der Waals surface area contributed by atoms with E-state index in [0.29, 0.717) is 17.5 Å². The fourth-order valence-electron chi connectivity index (χ4n) is 6.40. The summed E-state index contributed by atoms with van der Waals surface area (Å²) < 4.78 is 0. The summed E-state index contributed by atoms with van der Waals surface area (Å²) in [6.07, 6.45) is 13.2. The van der Waals surface area contributed by atoms with Crippen LogP contribution in [0.15, 0.2) is 60.7 Å². The first-order chi connectivity index (χ1) is 18.2. The van der Waals surface area contributed by atoms with Crippen molar-refractivity contribution in [3.05, 3.63) is 77.4 Å². The molecule has 37 heavy (non-hydrogen) atoms. The van der Waals surface area contributed by atoms with Crippen molar-refractivity contribution in [2.24, 2.45) is 5.92 Å². The normalized spacial score (nSPS) is 19.4. The lowest BCUT2D eigenvalue weighted by atomic mass is 9.78. The quantitative estimate of drug-likeness (QED) is 0.321. The molecule has 2 unspecified atom stereocenters. The van der Waals surface area contributed by atoms with Crippen LogP contribution in [0.3, 0.4) is 0 Å². The van der Waals surface area contributed by atoms with Crippen LogP contribution in [0.5, 0.6) is 0 Å². The molecule has 1 aliphatic heterocycles. The van der Waals surface area contributed by atoms with Gasteiger partial charge < -0.3 is 10.2 Å². The molecular formula is C33H40N2O2. The zero-order valence-electron chi connectivity index (χ0n) is 22.2. The maximum Gasteiger partial charge on any atom is 0.255 e. The van der Waals surface area contributed by atoms with E-state index in [2.05, 4.69) is 29.3 Å². The number of benzene rings is 3. The Bertz CT molecular complexity index is 1230. The molecule has 3 aromatic carbocycles. The Hall–Kier alpha value is -3.14. The number of fused-ring (bicyclic) bond motifs is 2. The van der Waals surface area contributed by atoms with Crippen LogP contribution >= 0.6 is 0 Å². The van der Waals surface area contributed by atoms with E-state index in [1.54, 1.807) is 0 Å². The van der Waals surface area contributed by atoms with Gasteiger partial charge in [-0.25, -0.2) is 0 Å². The van der Waals surface area contributed by atoms with Gasteiger partial charge in [-0.1, -0.05) is 75.4 Å². The molecule has 1 saturated carbocycles. The molecule has 1 aliphatic carbocycles. The molecule has 2 amide bonds. The summed E-state index contributed by atoms with van der Waals surface area (Å²) in [5, 5.41) is 4.92. The maximum atomic E-state index is 13.8. The van der Waals surface area contributed by atoms with E-state index in [4.69, 9.17) is 0 Å². The highest BCUT2D eigenvalue weighted by Crippen LogP contribution is 2.37. The summed E-state index contributed by atoms with van der Waals surface area (Å²) in [7, 11) is 0. The highest BCUT2D eigenvalue weighted by atomic mass is 16.2. The first-order valence-corrected chi connectivity index (χ1v) is 14.4. The molecule has 4 heteroatoms. The number of aryl methyl sites for hydroxylation is 1. The Morgan fingerprint density at radius 2 is 1.59 bits per heavy atom. The predicted octanol–water partition coefficient (Wildman–Crippen LogP) is 8.01. The van der Waals surface area contributed by atoms with Crippen LogP contribution in [0.2, 0.25) is 0 Å². The van der Waals surface area contributed by atoms with Crippen molar-refractivity contribution in [2.75, 3.05) is 11.9 Å². The summed E-state index contributed by atoms with van der Waals surface area (Å²) in [5.41, 5.74) is 3.42. The second-order valence-electron chi connectivity index (χ2n) is 10.9. The number of piperidine rings is 1. The van der Waals surface area contributed by atoms with Gasteiger partial charge in [0.05, 0.1) is 0 Å². The van der Waals surface area contributed by atoms with Gasteiger partial charge in [-0.15, -0.1) is 0 Å². The summed E-state index contributed by atoms with van der Waals surface area (Å²) in [6.45, 7) is 3.07. The van der Waals surface area contributed by atoms with E-state index >= 15 is 0 Å². The van der Waals surface area contributed by atoms with Gasteiger partial charge in [0, 0.05) is 34.8 Å². The third kappa shape index (κ3) is 5.74. The van der Waals surface area contributed by atoms with Crippen LogP contribution in [0.1, 0.15) is 97.4 Å². The number of nitrogens with zero attached hydrogens (tertiary/aromatic N) is 1. The average Bonchev–Trinajstić information content (AvgIpc) is 2.95. The van der Waals surface area contributed by atoms with Crippen molar-refractivity contribution >= 4 is 28.3 Å². The largest absolute Gasteiger partial charge is 0.335 e. The number of hydrogen-bond acceptors (Lipinski definition) is 2. The van der Waals surface area contributed by atoms with Gasteiger partial charge in [0.2, 0.25) is 0 Å². The predicted molar refractivity (Wildman–Crippen MR) is 152 cm³/mol. The summed E-state index contributed by atoms with van der Waals surface area (Å²) in [4.78, 5) is 29.1. The molecule has 4 nitrogen and oxygen atoms in total. The Morgan fingerprint density at radius 3 is 2.41 bits per heavy atom. The first-order valence-electron chi connectivity index (χ1n) is 14.4. The van der Waals surface area contributed by atoms with E-state index in [-0.39, 0.29) is 11.8 Å². The molecule has 2 fully saturated rings. The van der Waals surface area contributed by atoms with Crippen molar-refractivity contribution < 1.29 is 9.59 Å². The van der Waals surface area contributed by atoms with Crippen molar-refractivity contribution in [1.82, 2.24) is 4.90 Å². The fourth-order valence-corrected chi connectivity index (χ4v) is 6.40. The smallest absolute Gasteiger partial charge is 0.255 e. The zero-order valence-corrected chi connectivity index (χ0v) is 22.2. The molecule has 5 rings (SSSR count). The van der Waals surface area contributed by atoms with Gasteiger partial charge in [-0.3, -0.25) is 9.59 Å². The Balaban J connectivity index is 1.33. The number of amides is 2. The number of anilines is 1. The zero-order chi connectivity index (χ0) is 25.6. The molecule has 0 spiro atoms. The lowest BCUT2D eigenvalue weighted by Gasteiger charge is -2.44. The van der Waals surface area contributed by atoms with E-state index in [0.717, 1.165) is 47.8 Å². The van der Waals surface area contributed by atoms with Gasteiger partial charge in [0.25, 0.3) is 11.8 Å². The van der Waals surface area contributed by atoms with Crippen LogP contribution in [0, 0.1) is 5.92 Å². The number of hydrogen-bond donors (Lipinski definition) is 1. The second kappa shape index (κ2) is 11.9. The molecule has 2 aliphatic rings. The average molecular weight is 497 g/mol. The van der Waals surface area contributed by atoms with E-state index in [1.807, 2.05) is 48.5 Å². The van der Waals surface area contributed by atoms with Gasteiger partial charge in [-0.05, 0) is 79.7 Å². The topological polar surface area (TPSA) is 49.4 Å². The Morgan fingerprint density at radius 1 is 0.838 bits per heavy atom. The summed E-state index contributed by atoms with van der Waals surface area (Å²) in [5.74, 6) is 0.669. The van der Waals surface area contributed by atoms with Gasteiger partial charge in [0.15, 0.2) is 0 Å². The molecule has 0 bridgehead atoms. The maximum absolute atomic E-state index is 13.8. The second-order valence-corrected chi connectivity index (χ2v) is 10.9.